The minimum absolute atomic E-state index is 0.0738. The van der Waals surface area contributed by atoms with Crippen molar-refractivity contribution in [2.24, 2.45) is 0 Å². The first kappa shape index (κ1) is 16.3. The Bertz CT molecular complexity index is 832. The van der Waals surface area contributed by atoms with Crippen LogP contribution in [0.15, 0.2) is 48.5 Å². The lowest BCUT2D eigenvalue weighted by Gasteiger charge is -2.00. The number of hydrogen-bond donors (Lipinski definition) is 0. The molecule has 0 radical (unpaired) electrons. The molecule has 0 saturated carbocycles. The summed E-state index contributed by atoms with van der Waals surface area (Å²) in [4.78, 5) is 32.5. The average Bonchev–Trinajstić information content (AvgIpc) is 2.53. The van der Waals surface area contributed by atoms with E-state index in [1.54, 1.807) is 0 Å². The molecule has 2 rings (SSSR count). The molecule has 0 saturated heterocycles. The minimum Gasteiger partial charge on any atom is -0.289 e. The van der Waals surface area contributed by atoms with E-state index in [0.29, 0.717) is 0 Å². The number of para-hydroxylation sites is 1. The van der Waals surface area contributed by atoms with E-state index in [2.05, 4.69) is 0 Å². The molecule has 23 heavy (non-hydrogen) atoms. The number of nitro groups is 2. The maximum absolute atomic E-state index is 12.1. The van der Waals surface area contributed by atoms with Gasteiger partial charge in [0.1, 0.15) is 0 Å². The molecule has 0 aliphatic rings. The van der Waals surface area contributed by atoms with E-state index in [4.69, 9.17) is 11.6 Å². The predicted molar refractivity (Wildman–Crippen MR) is 84.6 cm³/mol. The molecule has 0 N–H and O–H groups in total. The molecule has 0 aliphatic carbocycles. The summed E-state index contributed by atoms with van der Waals surface area (Å²) in [6.07, 6.45) is 2.38. The van der Waals surface area contributed by atoms with Gasteiger partial charge < -0.3 is 0 Å². The van der Waals surface area contributed by atoms with Crippen molar-refractivity contribution >= 4 is 34.8 Å². The first-order valence-corrected chi connectivity index (χ1v) is 6.67. The van der Waals surface area contributed by atoms with Crippen LogP contribution in [0.5, 0.6) is 0 Å². The topological polar surface area (TPSA) is 103 Å². The van der Waals surface area contributed by atoms with E-state index in [-0.39, 0.29) is 27.5 Å². The largest absolute Gasteiger partial charge is 0.289 e. The molecule has 0 aromatic heterocycles. The van der Waals surface area contributed by atoms with E-state index in [0.717, 1.165) is 6.08 Å². The zero-order chi connectivity index (χ0) is 17.0. The quantitative estimate of drug-likeness (QED) is 0.355. The minimum atomic E-state index is -0.651. The Morgan fingerprint density at radius 3 is 2.39 bits per heavy atom. The molecule has 0 atom stereocenters. The maximum Gasteiger partial charge on any atom is 0.280 e. The van der Waals surface area contributed by atoms with Crippen molar-refractivity contribution in [2.75, 3.05) is 0 Å². The molecular formula is C15H9ClN2O5. The lowest BCUT2D eigenvalue weighted by atomic mass is 10.1. The normalized spacial score (nSPS) is 10.7. The monoisotopic (exact) mass is 332 g/mol. The predicted octanol–water partition coefficient (Wildman–Crippen LogP) is 4.05. The summed E-state index contributed by atoms with van der Waals surface area (Å²) in [5.41, 5.74) is -0.289. The van der Waals surface area contributed by atoms with Crippen molar-refractivity contribution in [3.05, 3.63) is 84.9 Å². The van der Waals surface area contributed by atoms with Gasteiger partial charge in [-0.3, -0.25) is 25.0 Å². The second-order valence-corrected chi connectivity index (χ2v) is 4.84. The molecule has 2 aromatic rings. The lowest BCUT2D eigenvalue weighted by Crippen LogP contribution is -2.00. The summed E-state index contributed by atoms with van der Waals surface area (Å²) >= 11 is 5.92. The zero-order valence-corrected chi connectivity index (χ0v) is 12.3. The number of rotatable bonds is 5. The van der Waals surface area contributed by atoms with Crippen molar-refractivity contribution in [3.63, 3.8) is 0 Å². The fraction of sp³-hybridized carbons (Fsp3) is 0. The van der Waals surface area contributed by atoms with E-state index in [9.17, 15) is 25.0 Å². The van der Waals surface area contributed by atoms with E-state index in [1.807, 2.05) is 0 Å². The van der Waals surface area contributed by atoms with Crippen molar-refractivity contribution in [1.82, 2.24) is 0 Å². The molecule has 0 unspecified atom stereocenters. The van der Waals surface area contributed by atoms with Crippen molar-refractivity contribution in [2.45, 2.75) is 0 Å². The van der Waals surface area contributed by atoms with Gasteiger partial charge in [0.05, 0.1) is 15.4 Å². The first-order chi connectivity index (χ1) is 10.9. The summed E-state index contributed by atoms with van der Waals surface area (Å²) in [6.45, 7) is 0. The van der Waals surface area contributed by atoms with E-state index >= 15 is 0 Å². The number of non-ortho nitro benzene ring substituents is 1. The molecule has 0 amide bonds. The van der Waals surface area contributed by atoms with Crippen molar-refractivity contribution in [1.29, 1.82) is 0 Å². The number of benzene rings is 2. The fourth-order valence-corrected chi connectivity index (χ4v) is 2.05. The second kappa shape index (κ2) is 6.80. The van der Waals surface area contributed by atoms with E-state index < -0.39 is 15.6 Å². The number of nitro benzene ring substituents is 2. The SMILES string of the molecule is O=C(/C=C/c1cc([N+](=O)[O-])ccc1Cl)c1ccccc1[N+](=O)[O-]. The Hall–Kier alpha value is -3.06. The maximum atomic E-state index is 12.1. The Labute approximate surface area is 135 Å². The molecule has 0 spiro atoms. The van der Waals surface area contributed by atoms with Crippen LogP contribution in [-0.4, -0.2) is 15.6 Å². The van der Waals surface area contributed by atoms with Gasteiger partial charge in [-0.15, -0.1) is 0 Å². The van der Waals surface area contributed by atoms with Crippen LogP contribution in [-0.2, 0) is 0 Å². The Morgan fingerprint density at radius 2 is 1.74 bits per heavy atom. The molecule has 116 valence electrons. The molecule has 2 aromatic carbocycles. The summed E-state index contributed by atoms with van der Waals surface area (Å²) in [7, 11) is 0. The molecule has 0 aliphatic heterocycles. The van der Waals surface area contributed by atoms with Crippen LogP contribution < -0.4 is 0 Å². The smallest absolute Gasteiger partial charge is 0.280 e. The Morgan fingerprint density at radius 1 is 1.04 bits per heavy atom. The third-order valence-corrected chi connectivity index (χ3v) is 3.32. The van der Waals surface area contributed by atoms with Gasteiger partial charge in [-0.1, -0.05) is 23.7 Å². The standard InChI is InChI=1S/C15H9ClN2O5/c16-13-7-6-11(17(20)21)9-10(13)5-8-15(19)12-3-1-2-4-14(12)18(22)23/h1-9H/b8-5+. The number of allylic oxidation sites excluding steroid dienone is 1. The van der Waals surface area contributed by atoms with Crippen molar-refractivity contribution in [3.8, 4) is 0 Å². The van der Waals surface area contributed by atoms with Gasteiger partial charge in [0, 0.05) is 23.2 Å². The summed E-state index contributed by atoms with van der Waals surface area (Å²) in [5, 5.41) is 21.9. The molecule has 0 bridgehead atoms. The number of halogens is 1. The first-order valence-electron chi connectivity index (χ1n) is 6.30. The van der Waals surface area contributed by atoms with Crippen LogP contribution in [0.3, 0.4) is 0 Å². The fourth-order valence-electron chi connectivity index (χ4n) is 1.87. The van der Waals surface area contributed by atoms with Crippen LogP contribution in [0.4, 0.5) is 11.4 Å². The number of carbonyl (C=O) groups is 1. The number of ketones is 1. The van der Waals surface area contributed by atoms with Gasteiger partial charge in [-0.25, -0.2) is 0 Å². The van der Waals surface area contributed by atoms with Gasteiger partial charge in [0.15, 0.2) is 5.78 Å². The van der Waals surface area contributed by atoms with Crippen LogP contribution in [0.25, 0.3) is 6.08 Å². The van der Waals surface area contributed by atoms with Gasteiger partial charge in [0.25, 0.3) is 11.4 Å². The summed E-state index contributed by atoms with van der Waals surface area (Å²) in [5.74, 6) is -0.597. The lowest BCUT2D eigenvalue weighted by molar-refractivity contribution is -0.385. The molecule has 7 nitrogen and oxygen atoms in total. The molecule has 0 heterocycles. The zero-order valence-electron chi connectivity index (χ0n) is 11.5. The summed E-state index contributed by atoms with van der Waals surface area (Å²) < 4.78 is 0. The van der Waals surface area contributed by atoms with Gasteiger partial charge in [-0.05, 0) is 29.8 Å². The number of carbonyl (C=O) groups excluding carboxylic acids is 1. The van der Waals surface area contributed by atoms with Crippen molar-refractivity contribution < 1.29 is 14.6 Å². The van der Waals surface area contributed by atoms with Crippen LogP contribution >= 0.6 is 11.6 Å². The molecular weight excluding hydrogens is 324 g/mol. The molecule has 8 heteroatoms. The highest BCUT2D eigenvalue weighted by atomic mass is 35.5. The number of nitrogens with zero attached hydrogens (tertiary/aromatic N) is 2. The summed E-state index contributed by atoms with van der Waals surface area (Å²) in [6, 6.07) is 9.32. The second-order valence-electron chi connectivity index (χ2n) is 4.43. The van der Waals surface area contributed by atoms with Gasteiger partial charge in [0.2, 0.25) is 0 Å². The van der Waals surface area contributed by atoms with Crippen LogP contribution in [0, 0.1) is 20.2 Å². The third-order valence-electron chi connectivity index (χ3n) is 2.97. The molecule has 0 fully saturated rings. The number of hydrogen-bond acceptors (Lipinski definition) is 5. The average molecular weight is 333 g/mol. The third kappa shape index (κ3) is 3.78. The Kier molecular flexibility index (Phi) is 4.82. The Balaban J connectivity index is 2.34. The highest BCUT2D eigenvalue weighted by Gasteiger charge is 2.17. The highest BCUT2D eigenvalue weighted by Crippen LogP contribution is 2.24. The van der Waals surface area contributed by atoms with Gasteiger partial charge in [-0.2, -0.15) is 0 Å². The van der Waals surface area contributed by atoms with Crippen LogP contribution in [0.1, 0.15) is 15.9 Å². The highest BCUT2D eigenvalue weighted by molar-refractivity contribution is 6.32. The van der Waals surface area contributed by atoms with Gasteiger partial charge >= 0.3 is 0 Å². The van der Waals surface area contributed by atoms with Crippen LogP contribution in [0.2, 0.25) is 5.02 Å². The van der Waals surface area contributed by atoms with E-state index in [1.165, 1.54) is 48.5 Å².